The SMILES string of the molecule is C.C.C/C=C/[C@@H](CC(=O)O)c1ccc(OCc2ccc(C(C)(C)C)c(-c3cc(OC)ccc3F)c2)cc1.C/C=C/[C@@H](CC(=O)OCC)c1ccc(OCc2ccc(C(C)(C)C)c(-c3cc(OC)ccc3F)c2)cc1. The zero-order valence-electron chi connectivity index (χ0n) is 43.6. The third-order valence-electron chi connectivity index (χ3n) is 12.1. The van der Waals surface area contributed by atoms with E-state index in [0.717, 1.165) is 44.5 Å². The number of halogens is 2. The van der Waals surface area contributed by atoms with Crippen LogP contribution in [0.1, 0.15) is 135 Å². The molecule has 8 nitrogen and oxygen atoms in total. The minimum absolute atomic E-state index is 0. The van der Waals surface area contributed by atoms with Gasteiger partial charge in [-0.1, -0.05) is 129 Å². The lowest BCUT2D eigenvalue weighted by Gasteiger charge is -2.24. The van der Waals surface area contributed by atoms with Crippen LogP contribution in [0.15, 0.2) is 146 Å². The molecule has 0 aliphatic carbocycles. The molecule has 6 aromatic rings. The predicted molar refractivity (Wildman–Crippen MR) is 298 cm³/mol. The number of hydrogen-bond acceptors (Lipinski definition) is 7. The summed E-state index contributed by atoms with van der Waals surface area (Å²) in [7, 11) is 3.15. The highest BCUT2D eigenvalue weighted by molar-refractivity contribution is 5.73. The quantitative estimate of drug-likeness (QED) is 0.0633. The summed E-state index contributed by atoms with van der Waals surface area (Å²) in [4.78, 5) is 23.2. The van der Waals surface area contributed by atoms with Gasteiger partial charge in [-0.15, -0.1) is 0 Å². The van der Waals surface area contributed by atoms with Crippen molar-refractivity contribution in [3.8, 4) is 45.3 Å². The topological polar surface area (TPSA) is 101 Å². The molecule has 0 spiro atoms. The normalized spacial score (nSPS) is 12.1. The molecule has 0 aromatic heterocycles. The number of allylic oxidation sites excluding steroid dienone is 4. The third-order valence-corrected chi connectivity index (χ3v) is 12.1. The van der Waals surface area contributed by atoms with Gasteiger partial charge in [0.05, 0.1) is 33.7 Å². The van der Waals surface area contributed by atoms with Crippen molar-refractivity contribution in [2.75, 3.05) is 20.8 Å². The average Bonchev–Trinajstić information content (AvgIpc) is 3.35. The fraction of sp³-hybridized carbons (Fsp3) is 0.344. The second kappa shape index (κ2) is 28.3. The molecule has 2 atom stereocenters. The van der Waals surface area contributed by atoms with Gasteiger partial charge in [0.15, 0.2) is 0 Å². The summed E-state index contributed by atoms with van der Waals surface area (Å²) in [6.07, 6.45) is 8.03. The van der Waals surface area contributed by atoms with Crippen molar-refractivity contribution in [1.29, 1.82) is 0 Å². The van der Waals surface area contributed by atoms with E-state index >= 15 is 0 Å². The number of aliphatic carboxylic acids is 1. The van der Waals surface area contributed by atoms with Crippen LogP contribution >= 0.6 is 0 Å². The minimum Gasteiger partial charge on any atom is -0.497 e. The van der Waals surface area contributed by atoms with Crippen molar-refractivity contribution in [2.45, 2.75) is 126 Å². The first kappa shape index (κ1) is 61.1. The first-order valence-corrected chi connectivity index (χ1v) is 24.3. The second-order valence-corrected chi connectivity index (χ2v) is 19.5. The number of rotatable bonds is 19. The van der Waals surface area contributed by atoms with E-state index in [0.29, 0.717) is 60.4 Å². The Bertz CT molecular complexity index is 2800. The maximum atomic E-state index is 14.9. The summed E-state index contributed by atoms with van der Waals surface area (Å²) in [6.45, 7) is 19.3. The first-order chi connectivity index (χ1) is 34.3. The summed E-state index contributed by atoms with van der Waals surface area (Å²) < 4.78 is 57.6. The average molecular weight is 1010 g/mol. The summed E-state index contributed by atoms with van der Waals surface area (Å²) >= 11 is 0. The van der Waals surface area contributed by atoms with E-state index in [4.69, 9.17) is 28.8 Å². The zero-order chi connectivity index (χ0) is 52.6. The van der Waals surface area contributed by atoms with Gasteiger partial charge in [-0.2, -0.15) is 0 Å². The molecule has 0 radical (unpaired) electrons. The Balaban J connectivity index is 0.000000381. The van der Waals surface area contributed by atoms with E-state index in [-0.39, 0.29) is 61.5 Å². The first-order valence-electron chi connectivity index (χ1n) is 24.3. The number of carboxylic acid groups (broad SMARTS) is 1. The lowest BCUT2D eigenvalue weighted by Crippen LogP contribution is -2.13. The molecular formula is C64H78F2O8. The van der Waals surface area contributed by atoms with Crippen molar-refractivity contribution in [3.05, 3.63) is 191 Å². The molecule has 1 N–H and O–H groups in total. The second-order valence-electron chi connectivity index (χ2n) is 19.5. The van der Waals surface area contributed by atoms with Crippen LogP contribution < -0.4 is 18.9 Å². The molecule has 0 fully saturated rings. The van der Waals surface area contributed by atoms with E-state index in [1.807, 2.05) is 130 Å². The van der Waals surface area contributed by atoms with E-state index in [9.17, 15) is 18.4 Å². The van der Waals surface area contributed by atoms with E-state index < -0.39 is 5.97 Å². The van der Waals surface area contributed by atoms with Gasteiger partial charge in [0, 0.05) is 23.0 Å². The molecule has 6 aromatic carbocycles. The fourth-order valence-electron chi connectivity index (χ4n) is 8.39. The van der Waals surface area contributed by atoms with Gasteiger partial charge in [0.2, 0.25) is 0 Å². The lowest BCUT2D eigenvalue weighted by atomic mass is 9.81. The Kier molecular flexibility index (Phi) is 23.4. The van der Waals surface area contributed by atoms with Gasteiger partial charge in [0.25, 0.3) is 0 Å². The van der Waals surface area contributed by atoms with Crippen molar-refractivity contribution in [3.63, 3.8) is 0 Å². The highest BCUT2D eigenvalue weighted by Gasteiger charge is 2.24. The molecule has 74 heavy (non-hydrogen) atoms. The van der Waals surface area contributed by atoms with Crippen LogP contribution in [-0.4, -0.2) is 37.9 Å². The van der Waals surface area contributed by atoms with E-state index in [1.165, 1.54) is 12.1 Å². The minimum atomic E-state index is -0.838. The van der Waals surface area contributed by atoms with Gasteiger partial charge in [0.1, 0.15) is 47.8 Å². The van der Waals surface area contributed by atoms with E-state index in [2.05, 4.69) is 41.5 Å². The Hall–Kier alpha value is -7.20. The molecule has 6 rings (SSSR count). The fourth-order valence-corrected chi connectivity index (χ4v) is 8.39. The highest BCUT2D eigenvalue weighted by Crippen LogP contribution is 2.39. The predicted octanol–water partition coefficient (Wildman–Crippen LogP) is 16.8. The van der Waals surface area contributed by atoms with Crippen LogP contribution in [0.2, 0.25) is 0 Å². The maximum Gasteiger partial charge on any atom is 0.306 e. The molecule has 0 bridgehead atoms. The van der Waals surface area contributed by atoms with Gasteiger partial charge >= 0.3 is 11.9 Å². The monoisotopic (exact) mass is 1010 g/mol. The number of carbonyl (C=O) groups is 2. The van der Waals surface area contributed by atoms with Crippen LogP contribution in [0.4, 0.5) is 8.78 Å². The van der Waals surface area contributed by atoms with Gasteiger partial charge in [-0.05, 0) is 149 Å². The van der Waals surface area contributed by atoms with Gasteiger partial charge in [-0.25, -0.2) is 8.78 Å². The van der Waals surface area contributed by atoms with Crippen LogP contribution in [-0.2, 0) is 38.4 Å². The molecule has 0 heterocycles. The number of methoxy groups -OCH3 is 2. The summed E-state index contributed by atoms with van der Waals surface area (Å²) in [6, 6.07) is 36.9. The molecule has 396 valence electrons. The largest absolute Gasteiger partial charge is 0.497 e. The summed E-state index contributed by atoms with van der Waals surface area (Å²) in [5.41, 5.74) is 8.15. The molecule has 0 unspecified atom stereocenters. The standard InChI is InChI=1S/C32H37FO4.C30H33FO4.2CH4/c1-7-9-24(19-31(34)36-8-2)23-11-13-25(14-12-23)37-21-22-10-16-29(32(3,4)5)27(18-22)28-20-26(35-6)15-17-30(28)33;1-6-7-22(17-29(32)33)21-9-11-23(12-10-21)35-19-20-8-14-27(30(2,3)4)25(16-20)26-18-24(34-5)13-15-28(26)31;;/h7,9-18,20,24H,8,19,21H2,1-6H3;6-16,18,22H,17,19H2,1-5H3,(H,32,33);2*1H4/b9-7+;7-6+;;/t24-;22-;;/m00../s1. The molecule has 0 aliphatic heterocycles. The summed E-state index contributed by atoms with van der Waals surface area (Å²) in [5.74, 6) is 0.716. The summed E-state index contributed by atoms with van der Waals surface area (Å²) in [5, 5.41) is 9.17. The van der Waals surface area contributed by atoms with E-state index in [1.54, 1.807) is 38.5 Å². The Morgan fingerprint density at radius 1 is 0.541 bits per heavy atom. The Labute approximate surface area is 440 Å². The molecular weight excluding hydrogens is 935 g/mol. The van der Waals surface area contributed by atoms with Crippen molar-refractivity contribution >= 4 is 11.9 Å². The smallest absolute Gasteiger partial charge is 0.306 e. The molecule has 0 amide bonds. The Morgan fingerprint density at radius 3 is 1.26 bits per heavy atom. The maximum absolute atomic E-state index is 14.9. The number of benzene rings is 6. The van der Waals surface area contributed by atoms with Crippen LogP contribution in [0, 0.1) is 11.6 Å². The van der Waals surface area contributed by atoms with Crippen molar-refractivity contribution < 1.29 is 47.2 Å². The van der Waals surface area contributed by atoms with Crippen LogP contribution in [0.3, 0.4) is 0 Å². The number of ether oxygens (including phenoxy) is 5. The molecule has 0 saturated carbocycles. The zero-order valence-corrected chi connectivity index (χ0v) is 43.6. The van der Waals surface area contributed by atoms with Crippen LogP contribution in [0.25, 0.3) is 22.3 Å². The highest BCUT2D eigenvalue weighted by atomic mass is 19.1. The Morgan fingerprint density at radius 2 is 0.919 bits per heavy atom. The van der Waals surface area contributed by atoms with Crippen molar-refractivity contribution in [1.82, 2.24) is 0 Å². The lowest BCUT2D eigenvalue weighted by molar-refractivity contribution is -0.143. The number of carboxylic acids is 1. The number of hydrogen-bond donors (Lipinski definition) is 1. The van der Waals surface area contributed by atoms with Gasteiger partial charge < -0.3 is 28.8 Å². The molecule has 0 aliphatic rings. The third kappa shape index (κ3) is 17.2. The molecule has 10 heteroatoms. The number of esters is 1. The van der Waals surface area contributed by atoms with Crippen molar-refractivity contribution in [2.24, 2.45) is 0 Å². The molecule has 0 saturated heterocycles. The number of carbonyl (C=O) groups excluding carboxylic acids is 1. The van der Waals surface area contributed by atoms with Gasteiger partial charge in [-0.3, -0.25) is 9.59 Å². The van der Waals surface area contributed by atoms with Crippen LogP contribution in [0.5, 0.6) is 23.0 Å².